The van der Waals surface area contributed by atoms with E-state index in [4.69, 9.17) is 17.3 Å². The van der Waals surface area contributed by atoms with Crippen molar-refractivity contribution in [2.75, 3.05) is 5.73 Å². The van der Waals surface area contributed by atoms with Gasteiger partial charge in [0.05, 0.1) is 10.7 Å². The fourth-order valence-electron chi connectivity index (χ4n) is 1.89. The van der Waals surface area contributed by atoms with Gasteiger partial charge in [-0.25, -0.2) is 4.39 Å². The molecule has 0 amide bonds. The average Bonchev–Trinajstić information content (AvgIpc) is 2.93. The summed E-state index contributed by atoms with van der Waals surface area (Å²) in [6, 6.07) is 9.29. The van der Waals surface area contributed by atoms with E-state index in [9.17, 15) is 4.39 Å². The van der Waals surface area contributed by atoms with E-state index in [0.29, 0.717) is 27.8 Å². The minimum atomic E-state index is -0.422. The number of hydrogen-bond acceptors (Lipinski definition) is 4. The second-order valence-corrected chi connectivity index (χ2v) is 5.56. The third kappa shape index (κ3) is 2.62. The highest BCUT2D eigenvalue weighted by molar-refractivity contribution is 9.10. The molecule has 0 radical (unpaired) electrons. The predicted octanol–water partition coefficient (Wildman–Crippen LogP) is 3.47. The lowest BCUT2D eigenvalue weighted by Gasteiger charge is -2.09. The monoisotopic (exact) mass is 367 g/mol. The highest BCUT2D eigenvalue weighted by Gasteiger charge is 2.16. The highest BCUT2D eigenvalue weighted by atomic mass is 79.9. The van der Waals surface area contributed by atoms with Crippen LogP contribution in [0.1, 0.15) is 0 Å². The van der Waals surface area contributed by atoms with E-state index in [2.05, 4.69) is 31.5 Å². The summed E-state index contributed by atoms with van der Waals surface area (Å²) in [5, 5.41) is 11.9. The zero-order valence-corrected chi connectivity index (χ0v) is 12.8. The lowest BCUT2D eigenvalue weighted by molar-refractivity contribution is 0.628. The van der Waals surface area contributed by atoms with E-state index in [-0.39, 0.29) is 0 Å². The minimum absolute atomic E-state index is 0.312. The van der Waals surface area contributed by atoms with Crippen molar-refractivity contribution in [3.05, 3.63) is 51.7 Å². The summed E-state index contributed by atoms with van der Waals surface area (Å²) >= 11 is 9.54. The highest BCUT2D eigenvalue weighted by Crippen LogP contribution is 2.30. The Labute approximate surface area is 132 Å². The molecule has 5 nitrogen and oxygen atoms in total. The van der Waals surface area contributed by atoms with E-state index >= 15 is 0 Å². The van der Waals surface area contributed by atoms with Crippen LogP contribution in [0.2, 0.25) is 5.02 Å². The number of nitrogens with two attached hydrogens (primary N) is 1. The van der Waals surface area contributed by atoms with Crippen LogP contribution in [0.5, 0.6) is 0 Å². The Kier molecular flexibility index (Phi) is 3.60. The molecular weight excluding hydrogens is 361 g/mol. The smallest absolute Gasteiger partial charge is 0.189 e. The van der Waals surface area contributed by atoms with Crippen LogP contribution in [0.15, 0.2) is 40.9 Å². The molecule has 1 heterocycles. The lowest BCUT2D eigenvalue weighted by Crippen LogP contribution is -2.03. The van der Waals surface area contributed by atoms with Gasteiger partial charge in [-0.3, -0.25) is 0 Å². The van der Waals surface area contributed by atoms with Crippen LogP contribution in [0.4, 0.5) is 10.1 Å². The average molecular weight is 369 g/mol. The number of benzene rings is 2. The summed E-state index contributed by atoms with van der Waals surface area (Å²) in [5.74, 6) is -0.110. The zero-order valence-electron chi connectivity index (χ0n) is 10.5. The first-order chi connectivity index (χ1) is 10.1. The molecule has 0 aliphatic heterocycles. The Bertz CT molecular complexity index is 754. The summed E-state index contributed by atoms with van der Waals surface area (Å²) in [7, 11) is 0. The summed E-state index contributed by atoms with van der Waals surface area (Å²) in [6.45, 7) is 0. The molecule has 0 aliphatic rings. The van der Waals surface area contributed by atoms with E-state index in [0.717, 1.165) is 4.47 Å². The Morgan fingerprint density at radius 3 is 2.81 bits per heavy atom. The van der Waals surface area contributed by atoms with Crippen LogP contribution in [0.3, 0.4) is 0 Å². The molecule has 1 aromatic heterocycles. The third-order valence-electron chi connectivity index (χ3n) is 2.86. The quantitative estimate of drug-likeness (QED) is 0.703. The van der Waals surface area contributed by atoms with E-state index < -0.39 is 5.82 Å². The largest absolute Gasteiger partial charge is 0.398 e. The SMILES string of the molecule is Nc1ccc(F)cc1-c1nnnn1-c1cc(Br)ccc1Cl. The minimum Gasteiger partial charge on any atom is -0.398 e. The summed E-state index contributed by atoms with van der Waals surface area (Å²) in [4.78, 5) is 0. The summed E-state index contributed by atoms with van der Waals surface area (Å²) in [6.07, 6.45) is 0. The topological polar surface area (TPSA) is 69.6 Å². The number of aromatic nitrogens is 4. The third-order valence-corrected chi connectivity index (χ3v) is 3.67. The van der Waals surface area contributed by atoms with E-state index in [1.165, 1.54) is 22.9 Å². The van der Waals surface area contributed by atoms with Crippen LogP contribution in [0, 0.1) is 5.82 Å². The van der Waals surface area contributed by atoms with Gasteiger partial charge < -0.3 is 5.73 Å². The van der Waals surface area contributed by atoms with Gasteiger partial charge in [0.15, 0.2) is 5.82 Å². The van der Waals surface area contributed by atoms with Crippen molar-refractivity contribution in [3.63, 3.8) is 0 Å². The number of tetrazole rings is 1. The maximum atomic E-state index is 13.4. The standard InChI is InChI=1S/C13H8BrClFN5/c14-7-1-3-10(15)12(5-7)21-13(18-19-20-21)9-6-8(16)2-4-11(9)17/h1-6H,17H2. The molecule has 0 bridgehead atoms. The van der Waals surface area contributed by atoms with Gasteiger partial charge in [-0.1, -0.05) is 27.5 Å². The molecule has 2 N–H and O–H groups in total. The van der Waals surface area contributed by atoms with Gasteiger partial charge in [0, 0.05) is 15.7 Å². The van der Waals surface area contributed by atoms with E-state index in [1.807, 2.05) is 0 Å². The molecule has 0 aliphatic carbocycles. The first-order valence-electron chi connectivity index (χ1n) is 5.85. The number of nitrogen functional groups attached to an aromatic ring is 1. The van der Waals surface area contributed by atoms with E-state index in [1.54, 1.807) is 18.2 Å². The molecule has 0 spiro atoms. The Morgan fingerprint density at radius 2 is 2.00 bits per heavy atom. The number of hydrogen-bond donors (Lipinski definition) is 1. The molecule has 21 heavy (non-hydrogen) atoms. The van der Waals surface area contributed by atoms with Crippen molar-refractivity contribution >= 4 is 33.2 Å². The first-order valence-corrected chi connectivity index (χ1v) is 7.02. The fraction of sp³-hybridized carbons (Fsp3) is 0. The van der Waals surface area contributed by atoms with Crippen LogP contribution < -0.4 is 5.73 Å². The van der Waals surface area contributed by atoms with Gasteiger partial charge in [0.1, 0.15) is 5.82 Å². The Morgan fingerprint density at radius 1 is 1.19 bits per heavy atom. The maximum absolute atomic E-state index is 13.4. The fourth-order valence-corrected chi connectivity index (χ4v) is 2.43. The van der Waals surface area contributed by atoms with Crippen LogP contribution in [-0.2, 0) is 0 Å². The molecule has 0 saturated carbocycles. The molecule has 0 fully saturated rings. The van der Waals surface area contributed by atoms with Gasteiger partial charge in [0.2, 0.25) is 0 Å². The summed E-state index contributed by atoms with van der Waals surface area (Å²) in [5.41, 5.74) is 7.22. The van der Waals surface area contributed by atoms with Crippen molar-refractivity contribution in [3.8, 4) is 17.1 Å². The number of halogens is 3. The van der Waals surface area contributed by atoms with Gasteiger partial charge in [-0.05, 0) is 46.8 Å². The molecule has 0 unspecified atom stereocenters. The molecule has 3 rings (SSSR count). The molecule has 0 saturated heterocycles. The lowest BCUT2D eigenvalue weighted by atomic mass is 10.1. The van der Waals surface area contributed by atoms with Crippen molar-refractivity contribution in [2.24, 2.45) is 0 Å². The number of anilines is 1. The maximum Gasteiger partial charge on any atom is 0.189 e. The molecule has 2 aromatic carbocycles. The van der Waals surface area contributed by atoms with Crippen LogP contribution in [-0.4, -0.2) is 20.2 Å². The van der Waals surface area contributed by atoms with Crippen molar-refractivity contribution < 1.29 is 4.39 Å². The second-order valence-electron chi connectivity index (χ2n) is 4.24. The number of rotatable bonds is 2. The Balaban J connectivity index is 2.22. The molecule has 3 aromatic rings. The van der Waals surface area contributed by atoms with Crippen molar-refractivity contribution in [2.45, 2.75) is 0 Å². The first kappa shape index (κ1) is 14.0. The van der Waals surface area contributed by atoms with Crippen molar-refractivity contribution in [1.82, 2.24) is 20.2 Å². The summed E-state index contributed by atoms with van der Waals surface area (Å²) < 4.78 is 15.7. The molecule has 0 atom stereocenters. The molecule has 106 valence electrons. The predicted molar refractivity (Wildman–Crippen MR) is 81.7 cm³/mol. The van der Waals surface area contributed by atoms with Crippen LogP contribution in [0.25, 0.3) is 17.1 Å². The molecular formula is C13H8BrClFN5. The number of nitrogens with zero attached hydrogens (tertiary/aromatic N) is 4. The zero-order chi connectivity index (χ0) is 15.0. The van der Waals surface area contributed by atoms with Gasteiger partial charge in [0.25, 0.3) is 0 Å². The second kappa shape index (κ2) is 5.42. The Hall–Kier alpha value is -1.99. The van der Waals surface area contributed by atoms with Crippen molar-refractivity contribution in [1.29, 1.82) is 0 Å². The molecule has 8 heteroatoms. The van der Waals surface area contributed by atoms with Gasteiger partial charge in [-0.2, -0.15) is 4.68 Å². The van der Waals surface area contributed by atoms with Gasteiger partial charge >= 0.3 is 0 Å². The van der Waals surface area contributed by atoms with Crippen LogP contribution >= 0.6 is 27.5 Å². The normalized spacial score (nSPS) is 10.8. The van der Waals surface area contributed by atoms with Gasteiger partial charge in [-0.15, -0.1) is 5.10 Å².